The Labute approximate surface area is 149 Å². The Morgan fingerprint density at radius 3 is 2.44 bits per heavy atom. The molecule has 0 atom stereocenters. The Kier molecular flexibility index (Phi) is 6.47. The van der Waals surface area contributed by atoms with Crippen LogP contribution in [0.5, 0.6) is 0 Å². The molecule has 0 spiro atoms. The SMILES string of the molecule is Cc1cc(C(=O)NCCCN(C)C)nc(Nc2c(C)cccc2C)n1. The van der Waals surface area contributed by atoms with Gasteiger partial charge >= 0.3 is 0 Å². The van der Waals surface area contributed by atoms with Crippen LogP contribution in [0.3, 0.4) is 0 Å². The lowest BCUT2D eigenvalue weighted by Gasteiger charge is -2.13. The number of nitrogens with one attached hydrogen (secondary N) is 2. The predicted octanol–water partition coefficient (Wildman–Crippen LogP) is 2.83. The Bertz CT molecular complexity index is 722. The Morgan fingerprint density at radius 1 is 1.12 bits per heavy atom. The first-order chi connectivity index (χ1) is 11.9. The Balaban J connectivity index is 2.10. The molecule has 0 unspecified atom stereocenters. The number of aryl methyl sites for hydroxylation is 3. The number of amides is 1. The van der Waals surface area contributed by atoms with Gasteiger partial charge in [0.1, 0.15) is 5.69 Å². The van der Waals surface area contributed by atoms with Crippen molar-refractivity contribution in [2.75, 3.05) is 32.5 Å². The van der Waals surface area contributed by atoms with Crippen LogP contribution >= 0.6 is 0 Å². The summed E-state index contributed by atoms with van der Waals surface area (Å²) in [7, 11) is 4.03. The zero-order valence-corrected chi connectivity index (χ0v) is 15.7. The summed E-state index contributed by atoms with van der Waals surface area (Å²) in [5.74, 6) is 0.268. The minimum atomic E-state index is -0.172. The van der Waals surface area contributed by atoms with Crippen molar-refractivity contribution in [1.29, 1.82) is 0 Å². The number of rotatable bonds is 7. The van der Waals surface area contributed by atoms with E-state index < -0.39 is 0 Å². The third-order valence-electron chi connectivity index (χ3n) is 3.87. The smallest absolute Gasteiger partial charge is 0.270 e. The fourth-order valence-corrected chi connectivity index (χ4v) is 2.55. The number of hydrogen-bond acceptors (Lipinski definition) is 5. The van der Waals surface area contributed by atoms with Gasteiger partial charge in [0.2, 0.25) is 5.95 Å². The molecule has 1 amide bonds. The van der Waals surface area contributed by atoms with Crippen LogP contribution in [0.15, 0.2) is 24.3 Å². The first-order valence-electron chi connectivity index (χ1n) is 8.48. The molecule has 0 aliphatic heterocycles. The van der Waals surface area contributed by atoms with E-state index in [1.54, 1.807) is 6.07 Å². The minimum Gasteiger partial charge on any atom is -0.351 e. The number of para-hydroxylation sites is 1. The van der Waals surface area contributed by atoms with E-state index >= 15 is 0 Å². The van der Waals surface area contributed by atoms with Crippen LogP contribution in [0.2, 0.25) is 0 Å². The quantitative estimate of drug-likeness (QED) is 0.758. The van der Waals surface area contributed by atoms with Crippen LogP contribution in [0.4, 0.5) is 11.6 Å². The molecule has 0 bridgehead atoms. The van der Waals surface area contributed by atoms with Crippen molar-refractivity contribution < 1.29 is 4.79 Å². The molecular weight excluding hydrogens is 314 g/mol. The van der Waals surface area contributed by atoms with E-state index in [1.807, 2.05) is 53.1 Å². The van der Waals surface area contributed by atoms with Crippen LogP contribution in [-0.2, 0) is 0 Å². The van der Waals surface area contributed by atoms with E-state index in [1.165, 1.54) is 0 Å². The highest BCUT2D eigenvalue weighted by molar-refractivity contribution is 5.92. The Morgan fingerprint density at radius 2 is 1.80 bits per heavy atom. The van der Waals surface area contributed by atoms with E-state index in [-0.39, 0.29) is 5.91 Å². The molecule has 0 saturated carbocycles. The van der Waals surface area contributed by atoms with E-state index in [9.17, 15) is 4.79 Å². The summed E-state index contributed by atoms with van der Waals surface area (Å²) in [6.45, 7) is 7.48. The number of carbonyl (C=O) groups is 1. The Hall–Kier alpha value is -2.47. The zero-order chi connectivity index (χ0) is 18.4. The molecular formula is C19H27N5O. The molecule has 6 nitrogen and oxygen atoms in total. The predicted molar refractivity (Wildman–Crippen MR) is 101 cm³/mol. The molecule has 0 radical (unpaired) electrons. The molecule has 1 aromatic heterocycles. The van der Waals surface area contributed by atoms with Crippen LogP contribution in [0.1, 0.15) is 33.7 Å². The normalized spacial score (nSPS) is 10.8. The highest BCUT2D eigenvalue weighted by Gasteiger charge is 2.11. The monoisotopic (exact) mass is 341 g/mol. The van der Waals surface area contributed by atoms with Crippen LogP contribution < -0.4 is 10.6 Å². The van der Waals surface area contributed by atoms with Gasteiger partial charge in [-0.3, -0.25) is 4.79 Å². The third kappa shape index (κ3) is 5.53. The highest BCUT2D eigenvalue weighted by Crippen LogP contribution is 2.22. The van der Waals surface area contributed by atoms with Crippen molar-refractivity contribution in [3.8, 4) is 0 Å². The summed E-state index contributed by atoms with van der Waals surface area (Å²) in [6.07, 6.45) is 0.899. The van der Waals surface area contributed by atoms with Crippen molar-refractivity contribution in [3.63, 3.8) is 0 Å². The highest BCUT2D eigenvalue weighted by atomic mass is 16.1. The molecule has 134 valence electrons. The molecule has 0 aliphatic carbocycles. The third-order valence-corrected chi connectivity index (χ3v) is 3.87. The standard InChI is InChI=1S/C19H27N5O/c1-13-8-6-9-14(2)17(13)23-19-21-15(3)12-16(22-19)18(25)20-10-7-11-24(4)5/h6,8-9,12H,7,10-11H2,1-5H3,(H,20,25)(H,21,22,23). The molecule has 0 saturated heterocycles. The summed E-state index contributed by atoms with van der Waals surface area (Å²) in [4.78, 5) is 23.2. The van der Waals surface area contributed by atoms with Crippen LogP contribution in [0.25, 0.3) is 0 Å². The average molecular weight is 341 g/mol. The lowest BCUT2D eigenvalue weighted by atomic mass is 10.1. The molecule has 2 aromatic rings. The number of benzene rings is 1. The van der Waals surface area contributed by atoms with Gasteiger partial charge in [-0.2, -0.15) is 0 Å². The van der Waals surface area contributed by atoms with Gasteiger partial charge in [-0.05, 0) is 65.0 Å². The molecule has 1 aromatic carbocycles. The molecule has 2 rings (SSSR count). The van der Waals surface area contributed by atoms with Crippen LogP contribution in [0, 0.1) is 20.8 Å². The molecule has 0 fully saturated rings. The second-order valence-electron chi connectivity index (χ2n) is 6.52. The second kappa shape index (κ2) is 8.58. The summed E-state index contributed by atoms with van der Waals surface area (Å²) in [5, 5.41) is 6.16. The van der Waals surface area contributed by atoms with Gasteiger partial charge in [0.05, 0.1) is 0 Å². The molecule has 25 heavy (non-hydrogen) atoms. The molecule has 6 heteroatoms. The van der Waals surface area contributed by atoms with Gasteiger partial charge in [-0.15, -0.1) is 0 Å². The first kappa shape index (κ1) is 18.9. The average Bonchev–Trinajstić information content (AvgIpc) is 2.54. The maximum Gasteiger partial charge on any atom is 0.270 e. The van der Waals surface area contributed by atoms with E-state index in [0.717, 1.165) is 35.5 Å². The molecule has 2 N–H and O–H groups in total. The topological polar surface area (TPSA) is 70.2 Å². The van der Waals surface area contributed by atoms with Crippen molar-refractivity contribution in [2.24, 2.45) is 0 Å². The summed E-state index contributed by atoms with van der Waals surface area (Å²) >= 11 is 0. The lowest BCUT2D eigenvalue weighted by molar-refractivity contribution is 0.0947. The second-order valence-corrected chi connectivity index (χ2v) is 6.52. The maximum atomic E-state index is 12.3. The maximum absolute atomic E-state index is 12.3. The van der Waals surface area contributed by atoms with Crippen molar-refractivity contribution in [1.82, 2.24) is 20.2 Å². The van der Waals surface area contributed by atoms with Crippen molar-refractivity contribution in [2.45, 2.75) is 27.2 Å². The molecule has 0 aliphatic rings. The van der Waals surface area contributed by atoms with Gasteiger partial charge in [0, 0.05) is 17.9 Å². The largest absolute Gasteiger partial charge is 0.351 e. The van der Waals surface area contributed by atoms with Crippen LogP contribution in [-0.4, -0.2) is 48.0 Å². The summed E-state index contributed by atoms with van der Waals surface area (Å²) in [5.41, 5.74) is 4.33. The van der Waals surface area contributed by atoms with E-state index in [4.69, 9.17) is 0 Å². The van der Waals surface area contributed by atoms with Gasteiger partial charge in [0.15, 0.2) is 0 Å². The van der Waals surface area contributed by atoms with Gasteiger partial charge < -0.3 is 15.5 Å². The minimum absolute atomic E-state index is 0.172. The van der Waals surface area contributed by atoms with Crippen molar-refractivity contribution >= 4 is 17.5 Å². The number of nitrogens with zero attached hydrogens (tertiary/aromatic N) is 3. The number of aromatic nitrogens is 2. The van der Waals surface area contributed by atoms with E-state index in [2.05, 4.69) is 25.5 Å². The number of carbonyl (C=O) groups excluding carboxylic acids is 1. The molecule has 1 heterocycles. The van der Waals surface area contributed by atoms with Gasteiger partial charge in [-0.25, -0.2) is 9.97 Å². The van der Waals surface area contributed by atoms with Gasteiger partial charge in [-0.1, -0.05) is 18.2 Å². The zero-order valence-electron chi connectivity index (χ0n) is 15.7. The fourth-order valence-electron chi connectivity index (χ4n) is 2.55. The van der Waals surface area contributed by atoms with Crippen molar-refractivity contribution in [3.05, 3.63) is 46.8 Å². The number of hydrogen-bond donors (Lipinski definition) is 2. The van der Waals surface area contributed by atoms with Gasteiger partial charge in [0.25, 0.3) is 5.91 Å². The first-order valence-corrected chi connectivity index (χ1v) is 8.48. The lowest BCUT2D eigenvalue weighted by Crippen LogP contribution is -2.28. The summed E-state index contributed by atoms with van der Waals surface area (Å²) < 4.78 is 0. The fraction of sp³-hybridized carbons (Fsp3) is 0.421. The van der Waals surface area contributed by atoms with E-state index in [0.29, 0.717) is 18.2 Å². The number of anilines is 2. The summed E-state index contributed by atoms with van der Waals surface area (Å²) in [6, 6.07) is 7.78.